The van der Waals surface area contributed by atoms with Crippen LogP contribution in [0.15, 0.2) is 58.6 Å². The van der Waals surface area contributed by atoms with Crippen molar-refractivity contribution in [2.45, 2.75) is 42.6 Å². The molecule has 158 valence electrons. The summed E-state index contributed by atoms with van der Waals surface area (Å²) in [6.07, 6.45) is -4.74. The number of halogens is 4. The van der Waals surface area contributed by atoms with Gasteiger partial charge in [-0.25, -0.2) is 0 Å². The molecular weight excluding hydrogens is 437 g/mol. The standard InChI is InChI=1S/C20H18ClF3N4OS/c1-19(2,3)12-4-10-15(11-5-12)30-18-27-16(21)26-17(28-18)25-13-6-8-14(9-7-13)29-20(22,23)24/h4-11H,1-3H3,(H,25,26,27,28). The van der Waals surface area contributed by atoms with Crippen LogP contribution in [0.2, 0.25) is 5.28 Å². The quantitative estimate of drug-likeness (QED) is 0.467. The second-order valence-corrected chi connectivity index (χ2v) is 8.66. The molecule has 0 unspecified atom stereocenters. The van der Waals surface area contributed by atoms with Crippen molar-refractivity contribution in [2.75, 3.05) is 5.32 Å². The third-order valence-electron chi connectivity index (χ3n) is 3.86. The normalized spacial score (nSPS) is 12.0. The molecule has 0 saturated heterocycles. The predicted molar refractivity (Wildman–Crippen MR) is 111 cm³/mol. The molecule has 0 fully saturated rings. The van der Waals surface area contributed by atoms with E-state index >= 15 is 0 Å². The highest BCUT2D eigenvalue weighted by atomic mass is 35.5. The molecule has 0 radical (unpaired) electrons. The molecule has 0 bridgehead atoms. The molecule has 10 heteroatoms. The average Bonchev–Trinajstić information content (AvgIpc) is 2.61. The second-order valence-electron chi connectivity index (χ2n) is 7.28. The minimum atomic E-state index is -4.74. The van der Waals surface area contributed by atoms with E-state index in [-0.39, 0.29) is 22.4 Å². The van der Waals surface area contributed by atoms with Gasteiger partial charge in [0, 0.05) is 10.6 Å². The first-order valence-corrected chi connectivity index (χ1v) is 10.0. The fourth-order valence-corrected chi connectivity index (χ4v) is 3.39. The van der Waals surface area contributed by atoms with Crippen LogP contribution in [0, 0.1) is 0 Å². The molecule has 3 aromatic rings. The van der Waals surface area contributed by atoms with Gasteiger partial charge in [-0.05, 0) is 70.7 Å². The fourth-order valence-electron chi connectivity index (χ4n) is 2.43. The number of aromatic nitrogens is 3. The highest BCUT2D eigenvalue weighted by Crippen LogP contribution is 2.30. The Kier molecular flexibility index (Phi) is 6.42. The van der Waals surface area contributed by atoms with Crippen molar-refractivity contribution in [3.8, 4) is 5.75 Å². The molecule has 5 nitrogen and oxygen atoms in total. The van der Waals surface area contributed by atoms with Crippen molar-refractivity contribution in [3.05, 3.63) is 59.4 Å². The van der Waals surface area contributed by atoms with Crippen molar-refractivity contribution in [1.29, 1.82) is 0 Å². The van der Waals surface area contributed by atoms with E-state index in [1.807, 2.05) is 12.1 Å². The van der Waals surface area contributed by atoms with Crippen LogP contribution in [0.4, 0.5) is 24.8 Å². The molecule has 1 aromatic heterocycles. The molecule has 0 atom stereocenters. The lowest BCUT2D eigenvalue weighted by atomic mass is 9.87. The van der Waals surface area contributed by atoms with Crippen molar-refractivity contribution < 1.29 is 17.9 Å². The lowest BCUT2D eigenvalue weighted by Crippen LogP contribution is -2.17. The number of nitrogens with zero attached hydrogens (tertiary/aromatic N) is 3. The zero-order chi connectivity index (χ0) is 21.9. The van der Waals surface area contributed by atoms with Crippen LogP contribution in [0.5, 0.6) is 5.75 Å². The van der Waals surface area contributed by atoms with Gasteiger partial charge in [-0.15, -0.1) is 13.2 Å². The van der Waals surface area contributed by atoms with Crippen molar-refractivity contribution in [3.63, 3.8) is 0 Å². The van der Waals surface area contributed by atoms with Crippen LogP contribution in [-0.2, 0) is 5.41 Å². The van der Waals surface area contributed by atoms with Crippen LogP contribution >= 0.6 is 23.4 Å². The predicted octanol–water partition coefficient (Wildman–Crippen LogP) is 6.62. The third-order valence-corrected chi connectivity index (χ3v) is 4.90. The molecule has 0 aliphatic rings. The Morgan fingerprint density at radius 3 is 2.10 bits per heavy atom. The van der Waals surface area contributed by atoms with E-state index in [0.717, 1.165) is 4.90 Å². The summed E-state index contributed by atoms with van der Waals surface area (Å²) in [6, 6.07) is 13.3. The summed E-state index contributed by atoms with van der Waals surface area (Å²) in [5.74, 6) is -0.148. The summed E-state index contributed by atoms with van der Waals surface area (Å²) in [6.45, 7) is 6.42. The van der Waals surface area contributed by atoms with Gasteiger partial charge in [-0.1, -0.05) is 32.9 Å². The van der Waals surface area contributed by atoms with Gasteiger partial charge in [0.2, 0.25) is 11.2 Å². The summed E-state index contributed by atoms with van der Waals surface area (Å²) in [5.41, 5.74) is 1.73. The molecule has 0 aliphatic carbocycles. The second kappa shape index (κ2) is 8.69. The van der Waals surface area contributed by atoms with Gasteiger partial charge >= 0.3 is 6.36 Å². The molecule has 0 spiro atoms. The first kappa shape index (κ1) is 22.2. The molecule has 1 heterocycles. The minimum absolute atomic E-state index is 0.00154. The number of rotatable bonds is 5. The first-order valence-electron chi connectivity index (χ1n) is 8.81. The van der Waals surface area contributed by atoms with Crippen LogP contribution in [0.3, 0.4) is 0 Å². The Bertz CT molecular complexity index is 1010. The maximum absolute atomic E-state index is 12.3. The van der Waals surface area contributed by atoms with Gasteiger partial charge in [0.25, 0.3) is 0 Å². The van der Waals surface area contributed by atoms with Crippen molar-refractivity contribution >= 4 is 35.0 Å². The molecule has 0 aliphatic heterocycles. The molecular formula is C20H18ClF3N4OS. The van der Waals surface area contributed by atoms with Crippen molar-refractivity contribution in [1.82, 2.24) is 15.0 Å². The number of benzene rings is 2. The van der Waals surface area contributed by atoms with E-state index in [1.165, 1.54) is 41.6 Å². The van der Waals surface area contributed by atoms with Crippen LogP contribution < -0.4 is 10.1 Å². The summed E-state index contributed by atoms with van der Waals surface area (Å²) in [5, 5.41) is 3.28. The smallest absolute Gasteiger partial charge is 0.406 e. The molecule has 0 amide bonds. The zero-order valence-corrected chi connectivity index (χ0v) is 17.9. The molecule has 30 heavy (non-hydrogen) atoms. The van der Waals surface area contributed by atoms with E-state index in [4.69, 9.17) is 11.6 Å². The lowest BCUT2D eigenvalue weighted by Gasteiger charge is -2.18. The molecule has 2 aromatic carbocycles. The summed E-state index contributed by atoms with van der Waals surface area (Å²) < 4.78 is 40.6. The van der Waals surface area contributed by atoms with E-state index in [0.29, 0.717) is 10.8 Å². The van der Waals surface area contributed by atoms with E-state index in [2.05, 4.69) is 57.9 Å². The Morgan fingerprint density at radius 1 is 0.900 bits per heavy atom. The molecule has 1 N–H and O–H groups in total. The highest BCUT2D eigenvalue weighted by Gasteiger charge is 2.30. The van der Waals surface area contributed by atoms with E-state index in [1.54, 1.807) is 0 Å². The number of hydrogen-bond acceptors (Lipinski definition) is 6. The topological polar surface area (TPSA) is 59.9 Å². The summed E-state index contributed by atoms with van der Waals surface area (Å²) >= 11 is 7.33. The third kappa shape index (κ3) is 6.50. The van der Waals surface area contributed by atoms with E-state index < -0.39 is 6.36 Å². The average molecular weight is 455 g/mol. The molecule has 0 saturated carbocycles. The van der Waals surface area contributed by atoms with Gasteiger partial charge in [-0.3, -0.25) is 0 Å². The van der Waals surface area contributed by atoms with Crippen LogP contribution in [-0.4, -0.2) is 21.3 Å². The number of ether oxygens (including phenoxy) is 1. The Labute approximate surface area is 181 Å². The van der Waals surface area contributed by atoms with Crippen LogP contribution in [0.1, 0.15) is 26.3 Å². The van der Waals surface area contributed by atoms with Gasteiger partial charge in [0.1, 0.15) is 5.75 Å². The summed E-state index contributed by atoms with van der Waals surface area (Å²) in [7, 11) is 0. The number of nitrogens with one attached hydrogen (secondary N) is 1. The zero-order valence-electron chi connectivity index (χ0n) is 16.3. The number of alkyl halides is 3. The largest absolute Gasteiger partial charge is 0.573 e. The SMILES string of the molecule is CC(C)(C)c1ccc(Sc2nc(Cl)nc(Nc3ccc(OC(F)(F)F)cc3)n2)cc1. The number of anilines is 2. The van der Waals surface area contributed by atoms with Gasteiger partial charge in [0.15, 0.2) is 5.16 Å². The Hall–Kier alpha value is -2.52. The highest BCUT2D eigenvalue weighted by molar-refractivity contribution is 7.99. The minimum Gasteiger partial charge on any atom is -0.406 e. The van der Waals surface area contributed by atoms with Crippen LogP contribution in [0.25, 0.3) is 0 Å². The fraction of sp³-hybridized carbons (Fsp3) is 0.250. The maximum Gasteiger partial charge on any atom is 0.573 e. The van der Waals surface area contributed by atoms with Gasteiger partial charge in [0.05, 0.1) is 0 Å². The monoisotopic (exact) mass is 454 g/mol. The molecule has 3 rings (SSSR count). The van der Waals surface area contributed by atoms with E-state index in [9.17, 15) is 13.2 Å². The first-order chi connectivity index (χ1) is 14.0. The lowest BCUT2D eigenvalue weighted by molar-refractivity contribution is -0.274. The van der Waals surface area contributed by atoms with Gasteiger partial charge < -0.3 is 10.1 Å². The van der Waals surface area contributed by atoms with Gasteiger partial charge in [-0.2, -0.15) is 15.0 Å². The van der Waals surface area contributed by atoms with Crippen molar-refractivity contribution in [2.24, 2.45) is 0 Å². The Balaban J connectivity index is 1.72. The number of hydrogen-bond donors (Lipinski definition) is 1. The maximum atomic E-state index is 12.3. The Morgan fingerprint density at radius 2 is 1.53 bits per heavy atom. The summed E-state index contributed by atoms with van der Waals surface area (Å²) in [4.78, 5) is 13.4.